The molecule has 0 radical (unpaired) electrons. The molecule has 0 spiro atoms. The lowest BCUT2D eigenvalue weighted by Gasteiger charge is -2.43. The third kappa shape index (κ3) is 6.45. The number of fused-ring (bicyclic) bond motifs is 3. The molecule has 3 aromatic rings. The molecule has 1 fully saturated rings. The Kier molecular flexibility index (Phi) is 9.92. The lowest BCUT2D eigenvalue weighted by atomic mass is 9.73. The molecule has 6 N–H and O–H groups in total. The number of phenols is 2. The number of methoxy groups -OCH3 is 1. The predicted molar refractivity (Wildman–Crippen MR) is 170 cm³/mol. The molecular formula is C34H37ClN2O10. The SMILES string of the molecule is CO[C@@H]1[C@H](C)O[C@@H](O[C@H]2C[C@](O)(COC(=O)NCc3ccccc3)Cc3c(O)c4c(c(O)c32)C(=O)c2ccccc2C4=O)C[C@@H]1N.Cl. The number of alkyl carbamates (subject to hydrolysis) is 1. The summed E-state index contributed by atoms with van der Waals surface area (Å²) in [5.41, 5.74) is 4.86. The third-order valence-electron chi connectivity index (χ3n) is 8.91. The monoisotopic (exact) mass is 668 g/mol. The van der Waals surface area contributed by atoms with Crippen LogP contribution >= 0.6 is 12.4 Å². The number of rotatable bonds is 7. The van der Waals surface area contributed by atoms with Crippen LogP contribution in [-0.2, 0) is 31.9 Å². The fourth-order valence-electron chi connectivity index (χ4n) is 6.72. The zero-order valence-corrected chi connectivity index (χ0v) is 26.6. The van der Waals surface area contributed by atoms with Crippen molar-refractivity contribution in [3.63, 3.8) is 0 Å². The van der Waals surface area contributed by atoms with Gasteiger partial charge in [-0.3, -0.25) is 9.59 Å². The van der Waals surface area contributed by atoms with Crippen molar-refractivity contribution in [2.75, 3.05) is 13.7 Å². The number of amides is 1. The zero-order chi connectivity index (χ0) is 32.7. The van der Waals surface area contributed by atoms with Crippen molar-refractivity contribution in [1.29, 1.82) is 0 Å². The lowest BCUT2D eigenvalue weighted by molar-refractivity contribution is -0.251. The van der Waals surface area contributed by atoms with Crippen LogP contribution in [0.15, 0.2) is 54.6 Å². The van der Waals surface area contributed by atoms with E-state index in [0.717, 1.165) is 5.56 Å². The maximum Gasteiger partial charge on any atom is 0.407 e. The van der Waals surface area contributed by atoms with E-state index in [-0.39, 0.29) is 71.6 Å². The van der Waals surface area contributed by atoms with Crippen molar-refractivity contribution in [3.8, 4) is 11.5 Å². The van der Waals surface area contributed by atoms with Crippen LogP contribution in [0, 0.1) is 0 Å². The molecule has 1 heterocycles. The first-order chi connectivity index (χ1) is 22.0. The highest BCUT2D eigenvalue weighted by Crippen LogP contribution is 2.52. The molecular weight excluding hydrogens is 632 g/mol. The summed E-state index contributed by atoms with van der Waals surface area (Å²) in [5, 5.41) is 37.7. The van der Waals surface area contributed by atoms with Gasteiger partial charge in [0.15, 0.2) is 17.9 Å². The van der Waals surface area contributed by atoms with E-state index in [4.69, 9.17) is 24.7 Å². The summed E-state index contributed by atoms with van der Waals surface area (Å²) in [5.74, 6) is -2.38. The van der Waals surface area contributed by atoms with Gasteiger partial charge in [0, 0.05) is 61.2 Å². The lowest BCUT2D eigenvalue weighted by Crippen LogP contribution is -2.53. The predicted octanol–water partition coefficient (Wildman–Crippen LogP) is 3.43. The highest BCUT2D eigenvalue weighted by molar-refractivity contribution is 6.30. The molecule has 2 aliphatic carbocycles. The first kappa shape index (κ1) is 34.3. The number of halogens is 1. The first-order valence-corrected chi connectivity index (χ1v) is 15.1. The summed E-state index contributed by atoms with van der Waals surface area (Å²) < 4.78 is 23.2. The smallest absolute Gasteiger partial charge is 0.407 e. The number of nitrogens with one attached hydrogen (secondary N) is 1. The molecule has 1 aliphatic heterocycles. The molecule has 0 saturated carbocycles. The molecule has 47 heavy (non-hydrogen) atoms. The fraction of sp³-hybridized carbons (Fsp3) is 0.382. The quantitative estimate of drug-likeness (QED) is 0.182. The maximum absolute atomic E-state index is 13.6. The summed E-state index contributed by atoms with van der Waals surface area (Å²) in [6.07, 6.45) is -4.05. The second-order valence-corrected chi connectivity index (χ2v) is 12.1. The van der Waals surface area contributed by atoms with Gasteiger partial charge in [0.05, 0.1) is 29.4 Å². The molecule has 0 unspecified atom stereocenters. The Labute approximate surface area is 277 Å². The van der Waals surface area contributed by atoms with Crippen LogP contribution in [0.5, 0.6) is 11.5 Å². The molecule has 13 heteroatoms. The molecule has 1 saturated heterocycles. The zero-order valence-electron chi connectivity index (χ0n) is 25.8. The molecule has 3 aromatic carbocycles. The first-order valence-electron chi connectivity index (χ1n) is 15.1. The summed E-state index contributed by atoms with van der Waals surface area (Å²) in [4.78, 5) is 39.8. The second-order valence-electron chi connectivity index (χ2n) is 12.1. The Hall–Kier alpha value is -4.04. The van der Waals surface area contributed by atoms with Crippen molar-refractivity contribution in [1.82, 2.24) is 5.32 Å². The summed E-state index contributed by atoms with van der Waals surface area (Å²) in [6, 6.07) is 14.9. The molecule has 1 amide bonds. The van der Waals surface area contributed by atoms with Gasteiger partial charge in [-0.15, -0.1) is 12.4 Å². The average Bonchev–Trinajstić information content (AvgIpc) is 3.03. The number of phenolic OH excluding ortho intramolecular Hbond substituents is 2. The van der Waals surface area contributed by atoms with Gasteiger partial charge in [-0.1, -0.05) is 54.6 Å². The number of carbonyl (C=O) groups is 3. The van der Waals surface area contributed by atoms with Crippen LogP contribution in [-0.4, -0.2) is 76.8 Å². The van der Waals surface area contributed by atoms with Crippen molar-refractivity contribution in [2.24, 2.45) is 5.73 Å². The Morgan fingerprint density at radius 1 is 1.02 bits per heavy atom. The van der Waals surface area contributed by atoms with E-state index < -0.39 is 72.0 Å². The number of aromatic hydroxyl groups is 2. The van der Waals surface area contributed by atoms with Crippen LogP contribution in [0.2, 0.25) is 0 Å². The summed E-state index contributed by atoms with van der Waals surface area (Å²) >= 11 is 0. The largest absolute Gasteiger partial charge is 0.507 e. The van der Waals surface area contributed by atoms with E-state index in [0.29, 0.717) is 0 Å². The molecule has 6 atom stereocenters. The van der Waals surface area contributed by atoms with Crippen LogP contribution in [0.3, 0.4) is 0 Å². The van der Waals surface area contributed by atoms with E-state index in [1.165, 1.54) is 19.2 Å². The van der Waals surface area contributed by atoms with E-state index in [9.17, 15) is 29.7 Å². The highest BCUT2D eigenvalue weighted by Gasteiger charge is 2.48. The number of ketones is 2. The van der Waals surface area contributed by atoms with Gasteiger partial charge in [0.2, 0.25) is 0 Å². The van der Waals surface area contributed by atoms with Crippen molar-refractivity contribution < 1.29 is 48.7 Å². The fourth-order valence-corrected chi connectivity index (χ4v) is 6.72. The summed E-state index contributed by atoms with van der Waals surface area (Å²) in [6.45, 7) is 1.47. The van der Waals surface area contributed by atoms with E-state index in [1.54, 1.807) is 19.1 Å². The van der Waals surface area contributed by atoms with Gasteiger partial charge in [-0.05, 0) is 12.5 Å². The number of aliphatic hydroxyl groups is 1. The third-order valence-corrected chi connectivity index (χ3v) is 8.91. The Bertz CT molecular complexity index is 1670. The average molecular weight is 669 g/mol. The number of hydrogen-bond acceptors (Lipinski definition) is 11. The van der Waals surface area contributed by atoms with Gasteiger partial charge in [0.1, 0.15) is 23.7 Å². The molecule has 12 nitrogen and oxygen atoms in total. The Balaban J connectivity index is 0.00000433. The van der Waals surface area contributed by atoms with Crippen molar-refractivity contribution >= 4 is 30.1 Å². The normalized spacial score (nSPS) is 26.3. The molecule has 250 valence electrons. The van der Waals surface area contributed by atoms with E-state index in [2.05, 4.69) is 5.32 Å². The van der Waals surface area contributed by atoms with Crippen LogP contribution in [0.25, 0.3) is 0 Å². The molecule has 3 aliphatic rings. The van der Waals surface area contributed by atoms with Gasteiger partial charge in [0.25, 0.3) is 0 Å². The van der Waals surface area contributed by atoms with Gasteiger partial charge >= 0.3 is 6.09 Å². The van der Waals surface area contributed by atoms with Crippen LogP contribution < -0.4 is 11.1 Å². The molecule has 0 aromatic heterocycles. The Morgan fingerprint density at radius 3 is 2.26 bits per heavy atom. The van der Waals surface area contributed by atoms with E-state index >= 15 is 0 Å². The minimum absolute atomic E-state index is 0. The van der Waals surface area contributed by atoms with Gasteiger partial charge < -0.3 is 45.3 Å². The minimum atomic E-state index is -1.81. The van der Waals surface area contributed by atoms with E-state index in [1.807, 2.05) is 30.3 Å². The number of nitrogens with two attached hydrogens (primary N) is 1. The molecule has 0 bridgehead atoms. The minimum Gasteiger partial charge on any atom is -0.507 e. The van der Waals surface area contributed by atoms with Crippen molar-refractivity contribution in [2.45, 2.75) is 69.0 Å². The van der Waals surface area contributed by atoms with Crippen LogP contribution in [0.4, 0.5) is 4.79 Å². The standard InChI is InChI=1S/C34H36N2O10.ClH/c1-17-32(43-2)22(35)12-24(45-17)46-23-14-34(42,16-44-33(41)36-15-18-8-4-3-5-9-18)13-21-25(23)31(40)27-26(30(21)39)28(37)19-10-6-7-11-20(19)29(27)38;/h3-11,17,22-24,32,39-40,42H,12-16,35H2,1-2H3,(H,36,41);1H/t17-,22-,23-,24-,32+,34-;/m0./s1. The maximum atomic E-state index is 13.6. The molecule has 6 rings (SSSR count). The number of hydrogen-bond donors (Lipinski definition) is 5. The Morgan fingerprint density at radius 2 is 1.64 bits per heavy atom. The van der Waals surface area contributed by atoms with Crippen LogP contribution in [0.1, 0.15) is 74.4 Å². The van der Waals surface area contributed by atoms with Crippen molar-refractivity contribution in [3.05, 3.63) is 93.5 Å². The highest BCUT2D eigenvalue weighted by atomic mass is 35.5. The number of carbonyl (C=O) groups excluding carboxylic acids is 3. The topological polar surface area (TPSA) is 187 Å². The second kappa shape index (κ2) is 13.6. The van der Waals surface area contributed by atoms with Gasteiger partial charge in [-0.25, -0.2) is 4.79 Å². The van der Waals surface area contributed by atoms with Gasteiger partial charge in [-0.2, -0.15) is 0 Å². The summed E-state index contributed by atoms with van der Waals surface area (Å²) in [7, 11) is 1.53. The number of benzene rings is 3. The number of ether oxygens (including phenoxy) is 4.